The van der Waals surface area contributed by atoms with Gasteiger partial charge in [0.15, 0.2) is 0 Å². The highest BCUT2D eigenvalue weighted by Crippen LogP contribution is 2.28. The Bertz CT molecular complexity index is 1000. The Balaban J connectivity index is 1.78. The number of rotatable bonds is 8. The number of nitrogens with one attached hydrogen (secondary N) is 1. The second kappa shape index (κ2) is 9.55. The predicted molar refractivity (Wildman–Crippen MR) is 118 cm³/mol. The fraction of sp³-hybridized carbons (Fsp3) is 0.304. The monoisotopic (exact) mass is 406 g/mol. The van der Waals surface area contributed by atoms with E-state index in [4.69, 9.17) is 0 Å². The predicted octanol–water partition coefficient (Wildman–Crippen LogP) is 4.55. The maximum atomic E-state index is 12.8. The van der Waals surface area contributed by atoms with Crippen LogP contribution < -0.4 is 5.32 Å². The molecule has 2 aromatic heterocycles. The van der Waals surface area contributed by atoms with Gasteiger partial charge in [0, 0.05) is 17.1 Å². The standard InChI is InChI=1S/C23H26N4OS/c1-4-26(14-19-9-6-5-7-10-19)16-22(28)25-23-21(13-24)17(2)18(3)27(23)15-20-11-8-12-29-20/h5-12H,4,14-16H2,1-3H3,(H,25,28). The zero-order valence-corrected chi connectivity index (χ0v) is 17.9. The first-order valence-corrected chi connectivity index (χ1v) is 10.6. The number of anilines is 1. The lowest BCUT2D eigenvalue weighted by Gasteiger charge is -2.20. The zero-order valence-electron chi connectivity index (χ0n) is 17.1. The summed E-state index contributed by atoms with van der Waals surface area (Å²) in [6, 6.07) is 16.5. The van der Waals surface area contributed by atoms with Gasteiger partial charge in [0.1, 0.15) is 11.9 Å². The third-order valence-electron chi connectivity index (χ3n) is 5.16. The summed E-state index contributed by atoms with van der Waals surface area (Å²) >= 11 is 1.67. The van der Waals surface area contributed by atoms with E-state index in [-0.39, 0.29) is 12.5 Å². The van der Waals surface area contributed by atoms with Crippen molar-refractivity contribution < 1.29 is 4.79 Å². The smallest absolute Gasteiger partial charge is 0.239 e. The van der Waals surface area contributed by atoms with Crippen LogP contribution >= 0.6 is 11.3 Å². The molecular weight excluding hydrogens is 380 g/mol. The van der Waals surface area contributed by atoms with E-state index in [1.807, 2.05) is 55.0 Å². The molecule has 0 atom stereocenters. The van der Waals surface area contributed by atoms with Crippen LogP contribution in [0.4, 0.5) is 5.82 Å². The Morgan fingerprint density at radius 2 is 1.97 bits per heavy atom. The molecule has 0 spiro atoms. The fourth-order valence-corrected chi connectivity index (χ4v) is 4.07. The molecule has 0 unspecified atom stereocenters. The Morgan fingerprint density at radius 3 is 2.59 bits per heavy atom. The van der Waals surface area contributed by atoms with Gasteiger partial charge in [-0.2, -0.15) is 5.26 Å². The molecule has 150 valence electrons. The number of carbonyl (C=O) groups is 1. The van der Waals surface area contributed by atoms with E-state index in [2.05, 4.69) is 34.5 Å². The molecule has 1 aromatic carbocycles. The summed E-state index contributed by atoms with van der Waals surface area (Å²) in [5.41, 5.74) is 3.63. The molecule has 0 aliphatic heterocycles. The third-order valence-corrected chi connectivity index (χ3v) is 6.02. The molecule has 0 aliphatic carbocycles. The Morgan fingerprint density at radius 1 is 1.21 bits per heavy atom. The summed E-state index contributed by atoms with van der Waals surface area (Å²) in [4.78, 5) is 16.1. The highest BCUT2D eigenvalue weighted by Gasteiger charge is 2.21. The molecule has 3 rings (SSSR count). The van der Waals surface area contributed by atoms with Crippen molar-refractivity contribution in [2.45, 2.75) is 33.9 Å². The molecule has 0 aliphatic rings. The summed E-state index contributed by atoms with van der Waals surface area (Å²) in [6.07, 6.45) is 0. The van der Waals surface area contributed by atoms with E-state index < -0.39 is 0 Å². The third kappa shape index (κ3) is 4.94. The summed E-state index contributed by atoms with van der Waals surface area (Å²) < 4.78 is 2.03. The molecule has 0 radical (unpaired) electrons. The number of hydrogen-bond acceptors (Lipinski definition) is 4. The van der Waals surface area contributed by atoms with Crippen LogP contribution in [0, 0.1) is 25.2 Å². The van der Waals surface area contributed by atoms with Crippen molar-refractivity contribution in [3.8, 4) is 6.07 Å². The molecule has 0 saturated carbocycles. The maximum absolute atomic E-state index is 12.8. The number of benzene rings is 1. The molecule has 29 heavy (non-hydrogen) atoms. The van der Waals surface area contributed by atoms with Crippen LogP contribution in [0.5, 0.6) is 0 Å². The highest BCUT2D eigenvalue weighted by atomic mass is 32.1. The molecule has 5 nitrogen and oxygen atoms in total. The second-order valence-electron chi connectivity index (χ2n) is 7.05. The minimum atomic E-state index is -0.107. The number of amides is 1. The molecule has 6 heteroatoms. The number of hydrogen-bond donors (Lipinski definition) is 1. The van der Waals surface area contributed by atoms with E-state index in [9.17, 15) is 10.1 Å². The van der Waals surface area contributed by atoms with Crippen molar-refractivity contribution in [1.82, 2.24) is 9.47 Å². The first-order valence-electron chi connectivity index (χ1n) is 9.71. The van der Waals surface area contributed by atoms with Crippen molar-refractivity contribution in [3.05, 3.63) is 75.1 Å². The van der Waals surface area contributed by atoms with Gasteiger partial charge in [0.2, 0.25) is 5.91 Å². The van der Waals surface area contributed by atoms with Crippen molar-refractivity contribution in [3.63, 3.8) is 0 Å². The quantitative estimate of drug-likeness (QED) is 0.597. The lowest BCUT2D eigenvalue weighted by Crippen LogP contribution is -2.33. The summed E-state index contributed by atoms with van der Waals surface area (Å²) in [5, 5.41) is 14.7. The molecule has 0 saturated heterocycles. The van der Waals surface area contributed by atoms with Gasteiger partial charge in [0.05, 0.1) is 18.7 Å². The summed E-state index contributed by atoms with van der Waals surface area (Å²) in [5.74, 6) is 0.487. The van der Waals surface area contributed by atoms with Gasteiger partial charge >= 0.3 is 0 Å². The van der Waals surface area contributed by atoms with E-state index in [0.717, 1.165) is 17.8 Å². The van der Waals surface area contributed by atoms with Gasteiger partial charge in [-0.25, -0.2) is 0 Å². The molecule has 2 heterocycles. The van der Waals surface area contributed by atoms with Gasteiger partial charge in [0.25, 0.3) is 0 Å². The summed E-state index contributed by atoms with van der Waals surface area (Å²) in [6.45, 7) is 8.37. The van der Waals surface area contributed by atoms with Crippen molar-refractivity contribution in [2.75, 3.05) is 18.4 Å². The Kier molecular flexibility index (Phi) is 6.86. The first-order chi connectivity index (χ1) is 14.0. The minimum absolute atomic E-state index is 0.107. The minimum Gasteiger partial charge on any atom is -0.325 e. The number of nitrogens with zero attached hydrogens (tertiary/aromatic N) is 3. The lowest BCUT2D eigenvalue weighted by atomic mass is 10.2. The van der Waals surface area contributed by atoms with E-state index in [1.165, 1.54) is 10.4 Å². The van der Waals surface area contributed by atoms with Crippen LogP contribution in [0.25, 0.3) is 0 Å². The van der Waals surface area contributed by atoms with Crippen molar-refractivity contribution in [1.29, 1.82) is 5.26 Å². The normalized spacial score (nSPS) is 10.9. The number of likely N-dealkylation sites (N-methyl/N-ethyl adjacent to an activating group) is 1. The van der Waals surface area contributed by atoms with Crippen molar-refractivity contribution in [2.24, 2.45) is 0 Å². The largest absolute Gasteiger partial charge is 0.325 e. The van der Waals surface area contributed by atoms with E-state index in [0.29, 0.717) is 24.5 Å². The summed E-state index contributed by atoms with van der Waals surface area (Å²) in [7, 11) is 0. The first kappa shape index (κ1) is 20.8. The lowest BCUT2D eigenvalue weighted by molar-refractivity contribution is -0.117. The second-order valence-corrected chi connectivity index (χ2v) is 8.08. The topological polar surface area (TPSA) is 61.1 Å². The van der Waals surface area contributed by atoms with Crippen LogP contribution in [0.1, 0.15) is 34.2 Å². The average Bonchev–Trinajstić information content (AvgIpc) is 3.31. The fourth-order valence-electron chi connectivity index (χ4n) is 3.38. The van der Waals surface area contributed by atoms with E-state index in [1.54, 1.807) is 11.3 Å². The van der Waals surface area contributed by atoms with Gasteiger partial charge in [-0.05, 0) is 43.0 Å². The Hall–Kier alpha value is -2.88. The highest BCUT2D eigenvalue weighted by molar-refractivity contribution is 7.09. The van der Waals surface area contributed by atoms with Crippen LogP contribution in [-0.2, 0) is 17.9 Å². The zero-order chi connectivity index (χ0) is 20.8. The van der Waals surface area contributed by atoms with Crippen LogP contribution in [0.3, 0.4) is 0 Å². The molecule has 1 N–H and O–H groups in total. The van der Waals surface area contributed by atoms with Gasteiger partial charge in [-0.15, -0.1) is 11.3 Å². The molecule has 0 bridgehead atoms. The number of carbonyl (C=O) groups excluding carboxylic acids is 1. The van der Waals surface area contributed by atoms with E-state index >= 15 is 0 Å². The molecule has 0 fully saturated rings. The molecule has 1 amide bonds. The van der Waals surface area contributed by atoms with Crippen LogP contribution in [0.15, 0.2) is 47.8 Å². The van der Waals surface area contributed by atoms with Gasteiger partial charge in [-0.3, -0.25) is 9.69 Å². The van der Waals surface area contributed by atoms with Crippen LogP contribution in [0.2, 0.25) is 0 Å². The number of aromatic nitrogens is 1. The van der Waals surface area contributed by atoms with Crippen molar-refractivity contribution >= 4 is 23.1 Å². The molecule has 3 aromatic rings. The van der Waals surface area contributed by atoms with Gasteiger partial charge in [-0.1, -0.05) is 43.3 Å². The number of nitriles is 1. The maximum Gasteiger partial charge on any atom is 0.239 e. The number of thiophene rings is 1. The molecular formula is C23H26N4OS. The SMILES string of the molecule is CCN(CC(=O)Nc1c(C#N)c(C)c(C)n1Cc1cccs1)Cc1ccccc1. The van der Waals surface area contributed by atoms with Gasteiger partial charge < -0.3 is 9.88 Å². The average molecular weight is 407 g/mol. The van der Waals surface area contributed by atoms with Crippen LogP contribution in [-0.4, -0.2) is 28.5 Å². The Labute approximate surface area is 176 Å².